The van der Waals surface area contributed by atoms with Crippen molar-refractivity contribution in [1.29, 1.82) is 0 Å². The van der Waals surface area contributed by atoms with Crippen LogP contribution in [0.4, 0.5) is 0 Å². The van der Waals surface area contributed by atoms with Gasteiger partial charge in [-0.05, 0) is 42.5 Å². The van der Waals surface area contributed by atoms with Gasteiger partial charge in [0.2, 0.25) is 0 Å². The zero-order chi connectivity index (χ0) is 21.0. The standard InChI is InChI=1S/C19H20ClNO6S2/c1-26-17-7-6-13(10-15(17)20)16(22)12-27-19(23)14-4-2-8-21(11-14)29(24,25)18-5-3-9-28-18/h3,5-7,9-10,14H,2,4,8,11-12H2,1H3. The number of halogens is 1. The van der Waals surface area contributed by atoms with Crippen LogP contribution in [0.25, 0.3) is 0 Å². The molecule has 3 rings (SSSR count). The molecule has 0 spiro atoms. The van der Waals surface area contributed by atoms with E-state index in [-0.39, 0.29) is 15.8 Å². The Labute approximate surface area is 178 Å². The summed E-state index contributed by atoms with van der Waals surface area (Å²) in [6.45, 7) is -0.0371. The molecule has 10 heteroatoms. The summed E-state index contributed by atoms with van der Waals surface area (Å²) in [7, 11) is -2.15. The number of Topliss-reactive ketones (excluding diaryl/α,β-unsaturated/α-hetero) is 1. The van der Waals surface area contributed by atoms with E-state index in [1.807, 2.05) is 0 Å². The normalized spacial score (nSPS) is 17.7. The Morgan fingerprint density at radius 3 is 2.76 bits per heavy atom. The molecule has 2 aromatic rings. The number of rotatable bonds is 7. The lowest BCUT2D eigenvalue weighted by Crippen LogP contribution is -2.42. The summed E-state index contributed by atoms with van der Waals surface area (Å²) in [5, 5.41) is 1.98. The van der Waals surface area contributed by atoms with Crippen molar-refractivity contribution in [3.8, 4) is 5.75 Å². The number of hydrogen-bond donors (Lipinski definition) is 0. The van der Waals surface area contributed by atoms with E-state index in [4.69, 9.17) is 21.1 Å². The van der Waals surface area contributed by atoms with Crippen LogP contribution in [-0.2, 0) is 19.6 Å². The number of carbonyl (C=O) groups is 2. The van der Waals surface area contributed by atoms with Gasteiger partial charge in [0.25, 0.3) is 10.0 Å². The van der Waals surface area contributed by atoms with Gasteiger partial charge in [-0.25, -0.2) is 8.42 Å². The number of thiophene rings is 1. The van der Waals surface area contributed by atoms with Crippen LogP contribution < -0.4 is 4.74 Å². The molecule has 0 radical (unpaired) electrons. The largest absolute Gasteiger partial charge is 0.495 e. The van der Waals surface area contributed by atoms with E-state index in [2.05, 4.69) is 0 Å². The van der Waals surface area contributed by atoms with Gasteiger partial charge < -0.3 is 9.47 Å². The molecule has 1 aromatic carbocycles. The van der Waals surface area contributed by atoms with E-state index in [1.165, 1.54) is 23.5 Å². The molecule has 2 heterocycles. The van der Waals surface area contributed by atoms with Crippen LogP contribution in [-0.4, -0.2) is 51.3 Å². The van der Waals surface area contributed by atoms with Crippen molar-refractivity contribution in [2.75, 3.05) is 26.8 Å². The summed E-state index contributed by atoms with van der Waals surface area (Å²) in [6.07, 6.45) is 1.06. The molecule has 0 aliphatic carbocycles. The van der Waals surface area contributed by atoms with E-state index in [0.29, 0.717) is 30.7 Å². The Hall–Kier alpha value is -1.94. The quantitative estimate of drug-likeness (QED) is 0.468. The molecule has 1 aliphatic rings. The van der Waals surface area contributed by atoms with E-state index in [9.17, 15) is 18.0 Å². The summed E-state index contributed by atoms with van der Waals surface area (Å²) in [4.78, 5) is 24.7. The molecule has 29 heavy (non-hydrogen) atoms. The number of nitrogens with zero attached hydrogens (tertiary/aromatic N) is 1. The smallest absolute Gasteiger partial charge is 0.310 e. The minimum absolute atomic E-state index is 0.0433. The van der Waals surface area contributed by atoms with Crippen molar-refractivity contribution < 1.29 is 27.5 Å². The third kappa shape index (κ3) is 4.98. The minimum atomic E-state index is -3.62. The van der Waals surface area contributed by atoms with Gasteiger partial charge in [0, 0.05) is 18.7 Å². The number of ketones is 1. The summed E-state index contributed by atoms with van der Waals surface area (Å²) < 4.78 is 37.1. The predicted octanol–water partition coefficient (Wildman–Crippen LogP) is 3.24. The zero-order valence-corrected chi connectivity index (χ0v) is 18.1. The Bertz CT molecular complexity index is 990. The van der Waals surface area contributed by atoms with E-state index in [0.717, 1.165) is 11.3 Å². The molecule has 1 atom stereocenters. The molecule has 0 saturated carbocycles. The second kappa shape index (κ2) is 9.25. The first kappa shape index (κ1) is 21.8. The number of ether oxygens (including phenoxy) is 2. The fourth-order valence-electron chi connectivity index (χ4n) is 3.07. The average molecular weight is 458 g/mol. The molecule has 1 unspecified atom stereocenters. The number of piperidine rings is 1. The number of carbonyl (C=O) groups excluding carboxylic acids is 2. The van der Waals surface area contributed by atoms with Crippen molar-refractivity contribution in [2.45, 2.75) is 17.1 Å². The molecule has 1 aliphatic heterocycles. The van der Waals surface area contributed by atoms with Gasteiger partial charge >= 0.3 is 5.97 Å². The van der Waals surface area contributed by atoms with Crippen molar-refractivity contribution >= 4 is 44.7 Å². The highest BCUT2D eigenvalue weighted by Gasteiger charge is 2.34. The monoisotopic (exact) mass is 457 g/mol. The molecule has 1 saturated heterocycles. The molecule has 1 fully saturated rings. The van der Waals surface area contributed by atoms with Crippen molar-refractivity contribution in [1.82, 2.24) is 4.31 Å². The van der Waals surface area contributed by atoms with Gasteiger partial charge in [-0.15, -0.1) is 11.3 Å². The Morgan fingerprint density at radius 2 is 2.10 bits per heavy atom. The molecular formula is C19H20ClNO6S2. The topological polar surface area (TPSA) is 90.0 Å². The molecule has 156 valence electrons. The number of esters is 1. The fourth-order valence-corrected chi connectivity index (χ4v) is 5.99. The van der Waals surface area contributed by atoms with E-state index in [1.54, 1.807) is 23.6 Å². The Kier molecular flexibility index (Phi) is 6.94. The molecule has 0 amide bonds. The summed E-state index contributed by atoms with van der Waals surface area (Å²) in [6, 6.07) is 7.76. The fraction of sp³-hybridized carbons (Fsp3) is 0.368. The van der Waals surface area contributed by atoms with Gasteiger partial charge in [0.1, 0.15) is 9.96 Å². The number of hydrogen-bond acceptors (Lipinski definition) is 7. The second-order valence-electron chi connectivity index (χ2n) is 6.51. The van der Waals surface area contributed by atoms with Gasteiger partial charge in [0.05, 0.1) is 18.1 Å². The average Bonchev–Trinajstić information content (AvgIpc) is 3.27. The van der Waals surface area contributed by atoms with Crippen LogP contribution in [0.1, 0.15) is 23.2 Å². The molecule has 0 N–H and O–H groups in total. The van der Waals surface area contributed by atoms with Crippen LogP contribution in [0.15, 0.2) is 39.9 Å². The van der Waals surface area contributed by atoms with E-state index < -0.39 is 34.3 Å². The van der Waals surface area contributed by atoms with Crippen molar-refractivity contribution in [2.24, 2.45) is 5.92 Å². The lowest BCUT2D eigenvalue weighted by Gasteiger charge is -2.30. The maximum absolute atomic E-state index is 12.7. The Balaban J connectivity index is 1.59. The minimum Gasteiger partial charge on any atom is -0.495 e. The van der Waals surface area contributed by atoms with E-state index >= 15 is 0 Å². The number of sulfonamides is 1. The van der Waals surface area contributed by atoms with Crippen molar-refractivity contribution in [3.05, 3.63) is 46.3 Å². The van der Waals surface area contributed by atoms with Crippen LogP contribution >= 0.6 is 22.9 Å². The first-order valence-corrected chi connectivity index (χ1v) is 11.6. The third-order valence-electron chi connectivity index (χ3n) is 4.63. The van der Waals surface area contributed by atoms with Crippen LogP contribution in [0.3, 0.4) is 0 Å². The van der Waals surface area contributed by atoms with Gasteiger partial charge in [0.15, 0.2) is 12.4 Å². The third-order valence-corrected chi connectivity index (χ3v) is 8.16. The first-order chi connectivity index (χ1) is 13.8. The van der Waals surface area contributed by atoms with Crippen LogP contribution in [0.2, 0.25) is 5.02 Å². The molecule has 0 bridgehead atoms. The second-order valence-corrected chi connectivity index (χ2v) is 10.0. The number of benzene rings is 1. The predicted molar refractivity (Wildman–Crippen MR) is 109 cm³/mol. The van der Waals surface area contributed by atoms with Crippen molar-refractivity contribution in [3.63, 3.8) is 0 Å². The lowest BCUT2D eigenvalue weighted by atomic mass is 10.00. The zero-order valence-electron chi connectivity index (χ0n) is 15.7. The maximum atomic E-state index is 12.7. The highest BCUT2D eigenvalue weighted by Crippen LogP contribution is 2.27. The maximum Gasteiger partial charge on any atom is 0.310 e. The lowest BCUT2D eigenvalue weighted by molar-refractivity contribution is -0.148. The summed E-state index contributed by atoms with van der Waals surface area (Å²) in [5.41, 5.74) is 0.300. The van der Waals surface area contributed by atoms with Gasteiger partial charge in [-0.3, -0.25) is 9.59 Å². The highest BCUT2D eigenvalue weighted by atomic mass is 35.5. The van der Waals surface area contributed by atoms with Crippen LogP contribution in [0, 0.1) is 5.92 Å². The van der Waals surface area contributed by atoms with Crippen LogP contribution in [0.5, 0.6) is 5.75 Å². The SMILES string of the molecule is COc1ccc(C(=O)COC(=O)C2CCCN(S(=O)(=O)c3cccs3)C2)cc1Cl. The summed E-state index contributed by atoms with van der Waals surface area (Å²) in [5.74, 6) is -1.15. The molecule has 1 aromatic heterocycles. The summed E-state index contributed by atoms with van der Waals surface area (Å²) >= 11 is 7.15. The van der Waals surface area contributed by atoms with Gasteiger partial charge in [-0.2, -0.15) is 4.31 Å². The highest BCUT2D eigenvalue weighted by molar-refractivity contribution is 7.91. The van der Waals surface area contributed by atoms with Gasteiger partial charge in [-0.1, -0.05) is 17.7 Å². The molecular weight excluding hydrogens is 438 g/mol. The first-order valence-electron chi connectivity index (χ1n) is 8.90. The molecule has 7 nitrogen and oxygen atoms in total. The number of methoxy groups -OCH3 is 1. The Morgan fingerprint density at radius 1 is 1.31 bits per heavy atom.